The van der Waals surface area contributed by atoms with Gasteiger partial charge >= 0.3 is 0 Å². The number of aliphatic hydroxyl groups excluding tert-OH is 1. The lowest BCUT2D eigenvalue weighted by Crippen LogP contribution is -2.32. The van der Waals surface area contributed by atoms with Crippen molar-refractivity contribution >= 4 is 0 Å². The molecule has 0 radical (unpaired) electrons. The third kappa shape index (κ3) is 3.16. The summed E-state index contributed by atoms with van der Waals surface area (Å²) in [5.74, 6) is 0.344. The average Bonchev–Trinajstić information content (AvgIpc) is 2.34. The van der Waals surface area contributed by atoms with Gasteiger partial charge in [-0.1, -0.05) is 19.3 Å². The predicted octanol–water partition coefficient (Wildman–Crippen LogP) is 1.49. The molecule has 1 N–H and O–H groups in total. The van der Waals surface area contributed by atoms with Gasteiger partial charge in [-0.3, -0.25) is 9.36 Å². The maximum Gasteiger partial charge on any atom is 0.253 e. The maximum atomic E-state index is 11.7. The van der Waals surface area contributed by atoms with Crippen LogP contribution in [0.25, 0.3) is 0 Å². The molecule has 17 heavy (non-hydrogen) atoms. The Morgan fingerprint density at radius 1 is 1.47 bits per heavy atom. The van der Waals surface area contributed by atoms with Gasteiger partial charge in [-0.2, -0.15) is 0 Å². The van der Waals surface area contributed by atoms with Crippen molar-refractivity contribution < 1.29 is 5.11 Å². The summed E-state index contributed by atoms with van der Waals surface area (Å²) in [5.41, 5.74) is 0.644. The molecule has 1 aromatic rings. The van der Waals surface area contributed by atoms with Crippen LogP contribution in [0.15, 0.2) is 17.2 Å². The Kier molecular flexibility index (Phi) is 3.94. The summed E-state index contributed by atoms with van der Waals surface area (Å²) < 4.78 is 1.51. The Labute approximate surface area is 101 Å². The van der Waals surface area contributed by atoms with Gasteiger partial charge in [-0.15, -0.1) is 0 Å². The lowest BCUT2D eigenvalue weighted by molar-refractivity contribution is 0.0684. The normalized spacial score (nSPS) is 19.2. The third-order valence-electron chi connectivity index (χ3n) is 3.59. The van der Waals surface area contributed by atoms with E-state index in [0.717, 1.165) is 18.5 Å². The first-order valence-corrected chi connectivity index (χ1v) is 6.38. The zero-order valence-electron chi connectivity index (χ0n) is 10.3. The largest absolute Gasteiger partial charge is 0.391 e. The Morgan fingerprint density at radius 2 is 2.18 bits per heavy atom. The fourth-order valence-electron chi connectivity index (χ4n) is 2.52. The van der Waals surface area contributed by atoms with Crippen LogP contribution in [-0.2, 0) is 6.54 Å². The highest BCUT2D eigenvalue weighted by molar-refractivity contribution is 4.96. The Bertz CT molecular complexity index is 422. The number of hydrogen-bond donors (Lipinski definition) is 1. The van der Waals surface area contributed by atoms with Crippen LogP contribution in [0.4, 0.5) is 0 Å². The van der Waals surface area contributed by atoms with Gasteiger partial charge in [-0.25, -0.2) is 4.98 Å². The molecule has 1 unspecified atom stereocenters. The second kappa shape index (κ2) is 5.45. The van der Waals surface area contributed by atoms with Gasteiger partial charge in [0, 0.05) is 11.8 Å². The molecule has 0 aliphatic heterocycles. The fourth-order valence-corrected chi connectivity index (χ4v) is 2.52. The monoisotopic (exact) mass is 236 g/mol. The smallest absolute Gasteiger partial charge is 0.253 e. The van der Waals surface area contributed by atoms with Crippen LogP contribution < -0.4 is 5.56 Å². The van der Waals surface area contributed by atoms with Crippen molar-refractivity contribution in [3.8, 4) is 0 Å². The Balaban J connectivity index is 2.01. The van der Waals surface area contributed by atoms with E-state index in [1.807, 2.05) is 0 Å². The number of aliphatic hydroxyl groups is 1. The summed E-state index contributed by atoms with van der Waals surface area (Å²) in [4.78, 5) is 15.8. The molecule has 0 bridgehead atoms. The fraction of sp³-hybridized carbons (Fsp3) is 0.692. The van der Waals surface area contributed by atoms with Gasteiger partial charge in [0.1, 0.15) is 0 Å². The molecular weight excluding hydrogens is 216 g/mol. The van der Waals surface area contributed by atoms with Crippen molar-refractivity contribution in [1.82, 2.24) is 9.55 Å². The standard InChI is InChI=1S/C13H20N2O2/c1-10-7-13(17)15(9-14-10)8-12(16)11-5-3-2-4-6-11/h7,9,11-12,16H,2-6,8H2,1H3. The lowest BCUT2D eigenvalue weighted by atomic mass is 9.85. The minimum Gasteiger partial charge on any atom is -0.391 e. The molecule has 1 saturated carbocycles. The van der Waals surface area contributed by atoms with Crippen molar-refractivity contribution in [3.63, 3.8) is 0 Å². The van der Waals surface area contributed by atoms with Crippen LogP contribution >= 0.6 is 0 Å². The molecule has 0 spiro atoms. The number of aryl methyl sites for hydroxylation is 1. The quantitative estimate of drug-likeness (QED) is 0.865. The SMILES string of the molecule is Cc1cc(=O)n(CC(O)C2CCCCC2)cn1. The number of rotatable bonds is 3. The van der Waals surface area contributed by atoms with E-state index < -0.39 is 6.10 Å². The highest BCUT2D eigenvalue weighted by Gasteiger charge is 2.22. The zero-order valence-corrected chi connectivity index (χ0v) is 10.3. The molecule has 1 heterocycles. The van der Waals surface area contributed by atoms with Crippen LogP contribution in [0, 0.1) is 12.8 Å². The van der Waals surface area contributed by atoms with Gasteiger partial charge in [0.2, 0.25) is 0 Å². The van der Waals surface area contributed by atoms with Crippen LogP contribution in [0.3, 0.4) is 0 Å². The molecular formula is C13H20N2O2. The first-order valence-electron chi connectivity index (χ1n) is 6.38. The number of aromatic nitrogens is 2. The average molecular weight is 236 g/mol. The van der Waals surface area contributed by atoms with E-state index in [-0.39, 0.29) is 5.56 Å². The van der Waals surface area contributed by atoms with Crippen LogP contribution in [0.2, 0.25) is 0 Å². The van der Waals surface area contributed by atoms with E-state index >= 15 is 0 Å². The molecule has 1 aliphatic carbocycles. The first-order chi connectivity index (χ1) is 8.16. The van der Waals surface area contributed by atoms with Crippen molar-refractivity contribution in [1.29, 1.82) is 0 Å². The summed E-state index contributed by atoms with van der Waals surface area (Å²) in [6.45, 7) is 2.17. The van der Waals surface area contributed by atoms with Crippen LogP contribution in [-0.4, -0.2) is 20.8 Å². The van der Waals surface area contributed by atoms with E-state index in [1.165, 1.54) is 36.2 Å². The van der Waals surface area contributed by atoms with E-state index in [1.54, 1.807) is 6.92 Å². The van der Waals surface area contributed by atoms with Crippen molar-refractivity contribution in [2.45, 2.75) is 51.7 Å². The van der Waals surface area contributed by atoms with E-state index in [9.17, 15) is 9.90 Å². The highest BCUT2D eigenvalue weighted by atomic mass is 16.3. The van der Waals surface area contributed by atoms with Crippen LogP contribution in [0.1, 0.15) is 37.8 Å². The first kappa shape index (κ1) is 12.3. The van der Waals surface area contributed by atoms with Gasteiger partial charge in [-0.05, 0) is 25.7 Å². The van der Waals surface area contributed by atoms with E-state index in [4.69, 9.17) is 0 Å². The van der Waals surface area contributed by atoms with E-state index in [0.29, 0.717) is 12.5 Å². The molecule has 0 saturated heterocycles. The second-order valence-corrected chi connectivity index (χ2v) is 4.99. The molecule has 1 fully saturated rings. The summed E-state index contributed by atoms with van der Waals surface area (Å²) in [6.07, 6.45) is 6.94. The van der Waals surface area contributed by atoms with Crippen LogP contribution in [0.5, 0.6) is 0 Å². The van der Waals surface area contributed by atoms with Crippen molar-refractivity contribution in [2.24, 2.45) is 5.92 Å². The van der Waals surface area contributed by atoms with Gasteiger partial charge in [0.15, 0.2) is 0 Å². The Morgan fingerprint density at radius 3 is 2.82 bits per heavy atom. The summed E-state index contributed by atoms with van der Waals surface area (Å²) in [5, 5.41) is 10.1. The van der Waals surface area contributed by atoms with Gasteiger partial charge < -0.3 is 5.11 Å². The zero-order chi connectivity index (χ0) is 12.3. The molecule has 0 amide bonds. The number of hydrogen-bond acceptors (Lipinski definition) is 3. The van der Waals surface area contributed by atoms with Gasteiger partial charge in [0.05, 0.1) is 19.0 Å². The molecule has 1 aliphatic rings. The van der Waals surface area contributed by atoms with Gasteiger partial charge in [0.25, 0.3) is 5.56 Å². The molecule has 4 nitrogen and oxygen atoms in total. The third-order valence-corrected chi connectivity index (χ3v) is 3.59. The second-order valence-electron chi connectivity index (χ2n) is 4.99. The minimum atomic E-state index is -0.419. The van der Waals surface area contributed by atoms with E-state index in [2.05, 4.69) is 4.98 Å². The lowest BCUT2D eigenvalue weighted by Gasteiger charge is -2.26. The van der Waals surface area contributed by atoms with Crippen molar-refractivity contribution in [3.05, 3.63) is 28.4 Å². The molecule has 0 aromatic carbocycles. The number of nitrogens with zero attached hydrogens (tertiary/aromatic N) is 2. The molecule has 94 valence electrons. The molecule has 2 rings (SSSR count). The molecule has 4 heteroatoms. The van der Waals surface area contributed by atoms with Crippen molar-refractivity contribution in [2.75, 3.05) is 0 Å². The molecule has 1 atom stereocenters. The highest BCUT2D eigenvalue weighted by Crippen LogP contribution is 2.26. The summed E-state index contributed by atoms with van der Waals surface area (Å²) in [7, 11) is 0. The Hall–Kier alpha value is -1.16. The summed E-state index contributed by atoms with van der Waals surface area (Å²) >= 11 is 0. The summed E-state index contributed by atoms with van der Waals surface area (Å²) in [6, 6.07) is 1.51. The molecule has 1 aromatic heterocycles. The topological polar surface area (TPSA) is 55.1 Å². The minimum absolute atomic E-state index is 0.0765. The predicted molar refractivity (Wildman–Crippen MR) is 65.8 cm³/mol. The maximum absolute atomic E-state index is 11.7.